The lowest BCUT2D eigenvalue weighted by molar-refractivity contribution is 0.0988. The van der Waals surface area contributed by atoms with Gasteiger partial charge in [0.1, 0.15) is 0 Å². The molecular weight excluding hydrogens is 320 g/mol. The molecule has 0 bridgehead atoms. The lowest BCUT2D eigenvalue weighted by atomic mass is 10.1. The van der Waals surface area contributed by atoms with E-state index in [0.29, 0.717) is 31.1 Å². The SMILES string of the molecule is O=C(Nc1cnn(CCN2CCCCC2)c1)c1occ2c1CCOC2. The van der Waals surface area contributed by atoms with Crippen LogP contribution in [0.25, 0.3) is 0 Å². The Bertz CT molecular complexity index is 731. The number of nitrogens with one attached hydrogen (secondary N) is 1. The predicted octanol–water partition coefficient (Wildman–Crippen LogP) is 2.29. The third-order valence-electron chi connectivity index (χ3n) is 4.93. The van der Waals surface area contributed by atoms with Gasteiger partial charge >= 0.3 is 0 Å². The van der Waals surface area contributed by atoms with E-state index in [1.165, 1.54) is 32.4 Å². The fourth-order valence-electron chi connectivity index (χ4n) is 3.53. The summed E-state index contributed by atoms with van der Waals surface area (Å²) in [5.41, 5.74) is 2.62. The average molecular weight is 344 g/mol. The normalized spacial score (nSPS) is 18.1. The quantitative estimate of drug-likeness (QED) is 0.901. The molecule has 1 saturated heterocycles. The minimum atomic E-state index is -0.223. The zero-order chi connectivity index (χ0) is 17.1. The van der Waals surface area contributed by atoms with Crippen molar-refractivity contribution in [1.29, 1.82) is 0 Å². The van der Waals surface area contributed by atoms with Gasteiger partial charge in [-0.3, -0.25) is 9.48 Å². The minimum Gasteiger partial charge on any atom is -0.458 e. The van der Waals surface area contributed by atoms with E-state index in [-0.39, 0.29) is 5.91 Å². The molecule has 1 fully saturated rings. The van der Waals surface area contributed by atoms with Crippen molar-refractivity contribution in [3.63, 3.8) is 0 Å². The van der Waals surface area contributed by atoms with Crippen molar-refractivity contribution >= 4 is 11.6 Å². The Kier molecular flexibility index (Phi) is 4.85. The number of ether oxygens (including phenoxy) is 1. The molecule has 0 aliphatic carbocycles. The van der Waals surface area contributed by atoms with E-state index in [2.05, 4.69) is 15.3 Å². The van der Waals surface area contributed by atoms with Gasteiger partial charge in [0.05, 0.1) is 37.9 Å². The van der Waals surface area contributed by atoms with E-state index in [0.717, 1.165) is 24.2 Å². The van der Waals surface area contributed by atoms with E-state index >= 15 is 0 Å². The Morgan fingerprint density at radius 1 is 1.24 bits per heavy atom. The van der Waals surface area contributed by atoms with Crippen LogP contribution in [0.3, 0.4) is 0 Å². The molecule has 0 saturated carbocycles. The molecular formula is C18H24N4O3. The van der Waals surface area contributed by atoms with Gasteiger partial charge < -0.3 is 19.4 Å². The van der Waals surface area contributed by atoms with Gasteiger partial charge in [-0.15, -0.1) is 0 Å². The van der Waals surface area contributed by atoms with Crippen molar-refractivity contribution in [2.75, 3.05) is 31.6 Å². The monoisotopic (exact) mass is 344 g/mol. The first-order valence-electron chi connectivity index (χ1n) is 9.03. The summed E-state index contributed by atoms with van der Waals surface area (Å²) in [5, 5.41) is 7.23. The van der Waals surface area contributed by atoms with E-state index in [9.17, 15) is 4.79 Å². The summed E-state index contributed by atoms with van der Waals surface area (Å²) in [7, 11) is 0. The fraction of sp³-hybridized carbons (Fsp3) is 0.556. The van der Waals surface area contributed by atoms with Gasteiger partial charge in [0.25, 0.3) is 5.91 Å². The number of piperidine rings is 1. The standard InChI is InChI=1S/C18H24N4O3/c23-18(17-16-4-9-24-12-14(16)13-25-17)20-15-10-19-22(11-15)8-7-21-5-2-1-3-6-21/h10-11,13H,1-9,12H2,(H,20,23). The molecule has 2 aliphatic heterocycles. The van der Waals surface area contributed by atoms with Gasteiger partial charge in [-0.25, -0.2) is 0 Å². The largest absolute Gasteiger partial charge is 0.458 e. The van der Waals surface area contributed by atoms with E-state index in [4.69, 9.17) is 9.15 Å². The Morgan fingerprint density at radius 3 is 3.00 bits per heavy atom. The third-order valence-corrected chi connectivity index (χ3v) is 4.93. The number of carbonyl (C=O) groups is 1. The van der Waals surface area contributed by atoms with Gasteiger partial charge in [0, 0.05) is 30.3 Å². The first kappa shape index (κ1) is 16.4. The number of furan rings is 1. The van der Waals surface area contributed by atoms with Gasteiger partial charge in [0.2, 0.25) is 0 Å². The molecule has 7 heteroatoms. The molecule has 0 unspecified atom stereocenters. The molecule has 25 heavy (non-hydrogen) atoms. The first-order chi connectivity index (χ1) is 12.3. The lowest BCUT2D eigenvalue weighted by Gasteiger charge is -2.26. The highest BCUT2D eigenvalue weighted by atomic mass is 16.5. The first-order valence-corrected chi connectivity index (χ1v) is 9.03. The molecule has 1 N–H and O–H groups in total. The number of aromatic nitrogens is 2. The van der Waals surface area contributed by atoms with Crippen LogP contribution in [-0.4, -0.2) is 46.8 Å². The second kappa shape index (κ2) is 7.41. The molecule has 4 heterocycles. The van der Waals surface area contributed by atoms with E-state index < -0.39 is 0 Å². The Hall–Kier alpha value is -2.12. The van der Waals surface area contributed by atoms with Crippen LogP contribution in [0.5, 0.6) is 0 Å². The van der Waals surface area contributed by atoms with Gasteiger partial charge in [0.15, 0.2) is 5.76 Å². The highest BCUT2D eigenvalue weighted by Crippen LogP contribution is 2.23. The highest BCUT2D eigenvalue weighted by molar-refractivity contribution is 6.03. The second-order valence-corrected chi connectivity index (χ2v) is 6.72. The van der Waals surface area contributed by atoms with Crippen LogP contribution >= 0.6 is 0 Å². The third kappa shape index (κ3) is 3.77. The molecule has 0 radical (unpaired) electrons. The van der Waals surface area contributed by atoms with E-state index in [1.54, 1.807) is 12.5 Å². The summed E-state index contributed by atoms with van der Waals surface area (Å²) in [5.74, 6) is 0.165. The summed E-state index contributed by atoms with van der Waals surface area (Å²) in [6.45, 7) is 5.34. The van der Waals surface area contributed by atoms with Crippen molar-refractivity contribution in [2.45, 2.75) is 38.8 Å². The van der Waals surface area contributed by atoms with Crippen LogP contribution < -0.4 is 5.32 Å². The smallest absolute Gasteiger partial charge is 0.291 e. The summed E-state index contributed by atoms with van der Waals surface area (Å²) in [4.78, 5) is 14.9. The Balaban J connectivity index is 1.34. The number of nitrogens with zero attached hydrogens (tertiary/aromatic N) is 3. The molecule has 7 nitrogen and oxygen atoms in total. The molecule has 134 valence electrons. The molecule has 0 aromatic carbocycles. The molecule has 2 aromatic heterocycles. The maximum atomic E-state index is 12.5. The van der Waals surface area contributed by atoms with Crippen molar-refractivity contribution in [3.05, 3.63) is 35.5 Å². The molecule has 0 atom stereocenters. The van der Waals surface area contributed by atoms with Crippen LogP contribution in [0.15, 0.2) is 23.1 Å². The number of carbonyl (C=O) groups excluding carboxylic acids is 1. The van der Waals surface area contributed by atoms with Crippen LogP contribution in [0, 0.1) is 0 Å². The number of hydrogen-bond donors (Lipinski definition) is 1. The minimum absolute atomic E-state index is 0.223. The molecule has 2 aromatic rings. The number of fused-ring (bicyclic) bond motifs is 1. The number of likely N-dealkylation sites (tertiary alicyclic amines) is 1. The number of rotatable bonds is 5. The van der Waals surface area contributed by atoms with Crippen molar-refractivity contribution in [3.8, 4) is 0 Å². The maximum Gasteiger partial charge on any atom is 0.291 e. The highest BCUT2D eigenvalue weighted by Gasteiger charge is 2.23. The van der Waals surface area contributed by atoms with Crippen LogP contribution in [0.1, 0.15) is 40.9 Å². The number of anilines is 1. The average Bonchev–Trinajstić information content (AvgIpc) is 3.27. The maximum absolute atomic E-state index is 12.5. The summed E-state index contributed by atoms with van der Waals surface area (Å²) in [6, 6.07) is 0. The zero-order valence-corrected chi connectivity index (χ0v) is 14.4. The van der Waals surface area contributed by atoms with Crippen molar-refractivity contribution in [1.82, 2.24) is 14.7 Å². The van der Waals surface area contributed by atoms with E-state index in [1.807, 2.05) is 10.9 Å². The molecule has 4 rings (SSSR count). The van der Waals surface area contributed by atoms with Crippen molar-refractivity contribution < 1.29 is 13.9 Å². The number of hydrogen-bond acceptors (Lipinski definition) is 5. The fourth-order valence-corrected chi connectivity index (χ4v) is 3.53. The topological polar surface area (TPSA) is 72.5 Å². The Morgan fingerprint density at radius 2 is 2.12 bits per heavy atom. The van der Waals surface area contributed by atoms with Gasteiger partial charge in [-0.2, -0.15) is 5.10 Å². The molecule has 1 amide bonds. The summed E-state index contributed by atoms with van der Waals surface area (Å²) < 4.78 is 12.7. The Labute approximate surface area is 146 Å². The zero-order valence-electron chi connectivity index (χ0n) is 14.4. The summed E-state index contributed by atoms with van der Waals surface area (Å²) in [6.07, 6.45) is 9.82. The second-order valence-electron chi connectivity index (χ2n) is 6.72. The molecule has 2 aliphatic rings. The van der Waals surface area contributed by atoms with Gasteiger partial charge in [-0.05, 0) is 25.9 Å². The number of amides is 1. The van der Waals surface area contributed by atoms with Crippen LogP contribution in [0.4, 0.5) is 5.69 Å². The van der Waals surface area contributed by atoms with Crippen LogP contribution in [-0.2, 0) is 24.3 Å². The summed E-state index contributed by atoms with van der Waals surface area (Å²) >= 11 is 0. The predicted molar refractivity (Wildman–Crippen MR) is 92.5 cm³/mol. The van der Waals surface area contributed by atoms with Crippen LogP contribution in [0.2, 0.25) is 0 Å². The van der Waals surface area contributed by atoms with Crippen molar-refractivity contribution in [2.24, 2.45) is 0 Å². The molecule has 0 spiro atoms. The van der Waals surface area contributed by atoms with Gasteiger partial charge in [-0.1, -0.05) is 6.42 Å². The lowest BCUT2D eigenvalue weighted by Crippen LogP contribution is -2.32.